The highest BCUT2D eigenvalue weighted by molar-refractivity contribution is 5.94. The average Bonchev–Trinajstić information content (AvgIpc) is 2.56. The van der Waals surface area contributed by atoms with E-state index in [1.807, 2.05) is 0 Å². The largest absolute Gasteiger partial charge is 0.481 e. The van der Waals surface area contributed by atoms with Crippen molar-refractivity contribution in [2.45, 2.75) is 26.5 Å². The summed E-state index contributed by atoms with van der Waals surface area (Å²) in [6.45, 7) is 3.49. The van der Waals surface area contributed by atoms with E-state index < -0.39 is 6.10 Å². The highest BCUT2D eigenvalue weighted by atomic mass is 19.1. The van der Waals surface area contributed by atoms with Crippen LogP contribution in [0.1, 0.15) is 29.8 Å². The third-order valence-electron chi connectivity index (χ3n) is 3.61. The van der Waals surface area contributed by atoms with E-state index in [4.69, 9.17) is 4.74 Å². The minimum atomic E-state index is -0.697. The molecule has 0 aliphatic rings. The molecule has 0 spiro atoms. The van der Waals surface area contributed by atoms with Gasteiger partial charge in [-0.15, -0.1) is 0 Å². The van der Waals surface area contributed by atoms with Crippen molar-refractivity contribution in [2.24, 2.45) is 0 Å². The molecular formula is C19H20FNO3. The van der Waals surface area contributed by atoms with Crippen molar-refractivity contribution in [3.05, 3.63) is 65.5 Å². The highest BCUT2D eigenvalue weighted by Gasteiger charge is 2.19. The van der Waals surface area contributed by atoms with Crippen LogP contribution < -0.4 is 4.74 Å². The predicted octanol–water partition coefficient (Wildman–Crippen LogP) is 3.45. The number of benzene rings is 2. The van der Waals surface area contributed by atoms with Gasteiger partial charge >= 0.3 is 0 Å². The molecule has 2 aromatic rings. The number of hydrogen-bond acceptors (Lipinski definition) is 3. The van der Waals surface area contributed by atoms with E-state index >= 15 is 0 Å². The average molecular weight is 329 g/mol. The second-order valence-corrected chi connectivity index (χ2v) is 5.66. The monoisotopic (exact) mass is 329 g/mol. The van der Waals surface area contributed by atoms with Crippen LogP contribution >= 0.6 is 0 Å². The lowest BCUT2D eigenvalue weighted by atomic mass is 10.1. The maximum absolute atomic E-state index is 12.9. The first-order valence-corrected chi connectivity index (χ1v) is 7.64. The van der Waals surface area contributed by atoms with Gasteiger partial charge in [0.15, 0.2) is 11.9 Å². The Morgan fingerprint density at radius 1 is 1.17 bits per heavy atom. The summed E-state index contributed by atoms with van der Waals surface area (Å²) in [5.41, 5.74) is 1.37. The first-order chi connectivity index (χ1) is 11.4. The summed E-state index contributed by atoms with van der Waals surface area (Å²) in [5, 5.41) is 0. The summed E-state index contributed by atoms with van der Waals surface area (Å²) in [5.74, 6) is -0.103. The second-order valence-electron chi connectivity index (χ2n) is 5.66. The predicted molar refractivity (Wildman–Crippen MR) is 89.4 cm³/mol. The van der Waals surface area contributed by atoms with Gasteiger partial charge in [0, 0.05) is 19.2 Å². The minimum absolute atomic E-state index is 0.0622. The molecule has 2 aromatic carbocycles. The van der Waals surface area contributed by atoms with Crippen LogP contribution in [0.2, 0.25) is 0 Å². The number of carbonyl (C=O) groups excluding carboxylic acids is 2. The SMILES string of the molecule is CC(=O)c1cccc(OC(C)C(=O)N(C)Cc2ccc(F)cc2)c1. The third-order valence-corrected chi connectivity index (χ3v) is 3.61. The van der Waals surface area contributed by atoms with Crippen molar-refractivity contribution in [1.29, 1.82) is 0 Å². The molecular weight excluding hydrogens is 309 g/mol. The number of ketones is 1. The molecule has 2 rings (SSSR count). The van der Waals surface area contributed by atoms with E-state index in [-0.39, 0.29) is 17.5 Å². The van der Waals surface area contributed by atoms with Gasteiger partial charge in [0.05, 0.1) is 0 Å². The van der Waals surface area contributed by atoms with E-state index in [0.717, 1.165) is 5.56 Å². The first kappa shape index (κ1) is 17.7. The lowest BCUT2D eigenvalue weighted by Gasteiger charge is -2.22. The van der Waals surface area contributed by atoms with Crippen LogP contribution in [0.4, 0.5) is 4.39 Å². The van der Waals surface area contributed by atoms with Gasteiger partial charge in [-0.25, -0.2) is 4.39 Å². The molecule has 0 heterocycles. The van der Waals surface area contributed by atoms with Crippen LogP contribution in [0, 0.1) is 5.82 Å². The molecule has 0 N–H and O–H groups in total. The Labute approximate surface area is 140 Å². The Hall–Kier alpha value is -2.69. The zero-order valence-electron chi connectivity index (χ0n) is 14.0. The molecule has 1 unspecified atom stereocenters. The first-order valence-electron chi connectivity index (χ1n) is 7.64. The van der Waals surface area contributed by atoms with Gasteiger partial charge in [0.25, 0.3) is 5.91 Å². The van der Waals surface area contributed by atoms with Gasteiger partial charge in [0.1, 0.15) is 11.6 Å². The van der Waals surface area contributed by atoms with E-state index in [0.29, 0.717) is 17.9 Å². The number of likely N-dealkylation sites (N-methyl/N-ethyl adjacent to an activating group) is 1. The normalized spacial score (nSPS) is 11.7. The molecule has 126 valence electrons. The highest BCUT2D eigenvalue weighted by Crippen LogP contribution is 2.16. The van der Waals surface area contributed by atoms with Crippen LogP contribution in [-0.4, -0.2) is 29.7 Å². The Kier molecular flexibility index (Phi) is 5.68. The molecule has 0 saturated carbocycles. The van der Waals surface area contributed by atoms with Crippen molar-refractivity contribution in [3.8, 4) is 5.75 Å². The van der Waals surface area contributed by atoms with Gasteiger partial charge in [-0.05, 0) is 43.7 Å². The van der Waals surface area contributed by atoms with Crippen LogP contribution in [0.3, 0.4) is 0 Å². The Bertz CT molecular complexity index is 728. The molecule has 0 bridgehead atoms. The fourth-order valence-electron chi connectivity index (χ4n) is 2.29. The van der Waals surface area contributed by atoms with Gasteiger partial charge in [-0.1, -0.05) is 24.3 Å². The second kappa shape index (κ2) is 7.73. The molecule has 0 fully saturated rings. The molecule has 0 saturated heterocycles. The van der Waals surface area contributed by atoms with E-state index in [1.54, 1.807) is 50.4 Å². The molecule has 4 nitrogen and oxygen atoms in total. The van der Waals surface area contributed by atoms with Crippen LogP contribution in [-0.2, 0) is 11.3 Å². The lowest BCUT2D eigenvalue weighted by Crippen LogP contribution is -2.37. The number of nitrogens with zero attached hydrogens (tertiary/aromatic N) is 1. The fraction of sp³-hybridized carbons (Fsp3) is 0.263. The molecule has 0 aliphatic carbocycles. The molecule has 0 aliphatic heterocycles. The molecule has 24 heavy (non-hydrogen) atoms. The summed E-state index contributed by atoms with van der Waals surface area (Å²) in [4.78, 5) is 25.3. The van der Waals surface area contributed by atoms with Crippen molar-refractivity contribution in [1.82, 2.24) is 4.90 Å². The van der Waals surface area contributed by atoms with Crippen LogP contribution in [0.15, 0.2) is 48.5 Å². The number of amides is 1. The Morgan fingerprint density at radius 3 is 2.46 bits per heavy atom. The standard InChI is InChI=1S/C19H20FNO3/c1-13(22)16-5-4-6-18(11-16)24-14(2)19(23)21(3)12-15-7-9-17(20)10-8-15/h4-11,14H,12H2,1-3H3. The van der Waals surface area contributed by atoms with E-state index in [2.05, 4.69) is 0 Å². The molecule has 1 atom stereocenters. The number of ether oxygens (including phenoxy) is 1. The van der Waals surface area contributed by atoms with Crippen LogP contribution in [0.25, 0.3) is 0 Å². The quantitative estimate of drug-likeness (QED) is 0.763. The van der Waals surface area contributed by atoms with Crippen molar-refractivity contribution in [2.75, 3.05) is 7.05 Å². The maximum atomic E-state index is 12.9. The van der Waals surface area contributed by atoms with Gasteiger partial charge < -0.3 is 9.64 Å². The molecule has 0 radical (unpaired) electrons. The minimum Gasteiger partial charge on any atom is -0.481 e. The molecule has 5 heteroatoms. The topological polar surface area (TPSA) is 46.6 Å². The van der Waals surface area contributed by atoms with Gasteiger partial charge in [-0.3, -0.25) is 9.59 Å². The van der Waals surface area contributed by atoms with Crippen LogP contribution in [0.5, 0.6) is 5.75 Å². The third kappa shape index (κ3) is 4.65. The van der Waals surface area contributed by atoms with E-state index in [1.165, 1.54) is 24.0 Å². The number of Topliss-reactive ketones (excluding diaryl/α,β-unsaturated/α-hetero) is 1. The fourth-order valence-corrected chi connectivity index (χ4v) is 2.29. The molecule has 1 amide bonds. The van der Waals surface area contributed by atoms with Gasteiger partial charge in [-0.2, -0.15) is 0 Å². The number of halogens is 1. The zero-order chi connectivity index (χ0) is 17.7. The number of rotatable bonds is 6. The molecule has 0 aromatic heterocycles. The Morgan fingerprint density at radius 2 is 1.83 bits per heavy atom. The summed E-state index contributed by atoms with van der Waals surface area (Å²) in [6.07, 6.45) is -0.697. The summed E-state index contributed by atoms with van der Waals surface area (Å²) < 4.78 is 18.6. The van der Waals surface area contributed by atoms with E-state index in [9.17, 15) is 14.0 Å². The smallest absolute Gasteiger partial charge is 0.263 e. The van der Waals surface area contributed by atoms with Crippen molar-refractivity contribution >= 4 is 11.7 Å². The maximum Gasteiger partial charge on any atom is 0.263 e. The van der Waals surface area contributed by atoms with Crippen molar-refractivity contribution < 1.29 is 18.7 Å². The summed E-state index contributed by atoms with van der Waals surface area (Å²) in [7, 11) is 1.66. The summed E-state index contributed by atoms with van der Waals surface area (Å²) >= 11 is 0. The zero-order valence-corrected chi connectivity index (χ0v) is 14.0. The summed E-state index contributed by atoms with van der Waals surface area (Å²) in [6, 6.07) is 12.7. The Balaban J connectivity index is 1.99. The number of hydrogen-bond donors (Lipinski definition) is 0. The lowest BCUT2D eigenvalue weighted by molar-refractivity contribution is -0.137. The van der Waals surface area contributed by atoms with Gasteiger partial charge in [0.2, 0.25) is 0 Å². The number of carbonyl (C=O) groups is 2. The van der Waals surface area contributed by atoms with Crippen molar-refractivity contribution in [3.63, 3.8) is 0 Å².